The number of carbonyl (C=O) groups excluding carboxylic acids is 1. The van der Waals surface area contributed by atoms with Crippen LogP contribution in [0.4, 0.5) is 11.4 Å². The Kier molecular flexibility index (Phi) is 6.36. The van der Waals surface area contributed by atoms with Gasteiger partial charge in [-0.25, -0.2) is 0 Å². The molecule has 6 heteroatoms. The van der Waals surface area contributed by atoms with E-state index in [1.165, 1.54) is 0 Å². The van der Waals surface area contributed by atoms with Gasteiger partial charge in [-0.2, -0.15) is 0 Å². The van der Waals surface area contributed by atoms with Gasteiger partial charge in [-0.15, -0.1) is 0 Å². The molecule has 1 fully saturated rings. The van der Waals surface area contributed by atoms with Gasteiger partial charge in [0.05, 0.1) is 37.0 Å². The molecule has 1 aliphatic heterocycles. The van der Waals surface area contributed by atoms with E-state index in [0.717, 1.165) is 30.1 Å². The summed E-state index contributed by atoms with van der Waals surface area (Å²) in [6, 6.07) is 13.3. The Balaban J connectivity index is 1.64. The summed E-state index contributed by atoms with van der Waals surface area (Å²) in [6.45, 7) is 5.65. The number of anilines is 2. The van der Waals surface area contributed by atoms with E-state index < -0.39 is 0 Å². The van der Waals surface area contributed by atoms with Gasteiger partial charge in [-0.1, -0.05) is 23.7 Å². The number of hydrogen-bond donors (Lipinski definition) is 1. The topological polar surface area (TPSA) is 50.8 Å². The van der Waals surface area contributed by atoms with E-state index >= 15 is 0 Å². The number of ether oxygens (including phenoxy) is 2. The van der Waals surface area contributed by atoms with Crippen LogP contribution >= 0.6 is 11.6 Å². The third-order valence-electron chi connectivity index (χ3n) is 4.20. The number of nitrogens with zero attached hydrogens (tertiary/aromatic N) is 1. The van der Waals surface area contributed by atoms with Crippen molar-refractivity contribution in [1.82, 2.24) is 0 Å². The molecule has 0 saturated carbocycles. The third-order valence-corrected chi connectivity index (χ3v) is 4.53. The number of benzene rings is 2. The van der Waals surface area contributed by atoms with E-state index in [1.807, 2.05) is 49.4 Å². The van der Waals surface area contributed by atoms with Gasteiger partial charge in [0.15, 0.2) is 0 Å². The summed E-state index contributed by atoms with van der Waals surface area (Å²) in [7, 11) is 0. The van der Waals surface area contributed by atoms with Crippen molar-refractivity contribution in [1.29, 1.82) is 0 Å². The number of carbonyl (C=O) groups is 1. The van der Waals surface area contributed by atoms with Crippen molar-refractivity contribution in [3.8, 4) is 5.75 Å². The first-order chi connectivity index (χ1) is 12.7. The second-order valence-corrected chi connectivity index (χ2v) is 6.47. The Morgan fingerprint density at radius 3 is 2.62 bits per heavy atom. The molecule has 0 spiro atoms. The minimum absolute atomic E-state index is 0.102. The predicted octanol–water partition coefficient (Wildman–Crippen LogP) is 3.76. The molecule has 0 aliphatic carbocycles. The first-order valence-corrected chi connectivity index (χ1v) is 9.17. The fourth-order valence-electron chi connectivity index (χ4n) is 2.88. The Labute approximate surface area is 158 Å². The largest absolute Gasteiger partial charge is 0.494 e. The first kappa shape index (κ1) is 18.5. The zero-order chi connectivity index (χ0) is 18.4. The van der Waals surface area contributed by atoms with E-state index in [2.05, 4.69) is 10.2 Å². The molecule has 2 aromatic carbocycles. The quantitative estimate of drug-likeness (QED) is 0.836. The average Bonchev–Trinajstić information content (AvgIpc) is 2.66. The van der Waals surface area contributed by atoms with Crippen LogP contribution in [0, 0.1) is 0 Å². The van der Waals surface area contributed by atoms with Crippen molar-refractivity contribution in [2.45, 2.75) is 13.3 Å². The van der Waals surface area contributed by atoms with Crippen LogP contribution in [-0.2, 0) is 16.0 Å². The lowest BCUT2D eigenvalue weighted by Crippen LogP contribution is -2.36. The molecule has 0 aromatic heterocycles. The van der Waals surface area contributed by atoms with Crippen LogP contribution in [0.15, 0.2) is 42.5 Å². The Morgan fingerprint density at radius 2 is 1.92 bits per heavy atom. The van der Waals surface area contributed by atoms with Gasteiger partial charge < -0.3 is 19.7 Å². The summed E-state index contributed by atoms with van der Waals surface area (Å²) >= 11 is 6.26. The molecule has 0 unspecified atom stereocenters. The summed E-state index contributed by atoms with van der Waals surface area (Å²) in [4.78, 5) is 14.6. The van der Waals surface area contributed by atoms with Crippen molar-refractivity contribution in [2.24, 2.45) is 0 Å². The normalized spacial score (nSPS) is 14.2. The number of nitrogens with one attached hydrogen (secondary N) is 1. The highest BCUT2D eigenvalue weighted by Gasteiger charge is 2.14. The fraction of sp³-hybridized carbons (Fsp3) is 0.350. The Hall–Kier alpha value is -2.24. The van der Waals surface area contributed by atoms with Gasteiger partial charge in [0, 0.05) is 18.8 Å². The molecular weight excluding hydrogens is 352 g/mol. The van der Waals surface area contributed by atoms with Crippen LogP contribution in [0.3, 0.4) is 0 Å². The van der Waals surface area contributed by atoms with Crippen LogP contribution in [0.5, 0.6) is 5.75 Å². The summed E-state index contributed by atoms with van der Waals surface area (Å²) in [6.07, 6.45) is 0.282. The van der Waals surface area contributed by atoms with Gasteiger partial charge >= 0.3 is 0 Å². The van der Waals surface area contributed by atoms with E-state index in [-0.39, 0.29) is 12.3 Å². The maximum Gasteiger partial charge on any atom is 0.228 e. The number of hydrogen-bond acceptors (Lipinski definition) is 4. The van der Waals surface area contributed by atoms with Crippen LogP contribution in [-0.4, -0.2) is 38.8 Å². The average molecular weight is 375 g/mol. The lowest BCUT2D eigenvalue weighted by atomic mass is 10.1. The summed E-state index contributed by atoms with van der Waals surface area (Å²) in [5.41, 5.74) is 2.59. The second kappa shape index (κ2) is 8.92. The van der Waals surface area contributed by atoms with E-state index in [4.69, 9.17) is 21.1 Å². The van der Waals surface area contributed by atoms with Crippen molar-refractivity contribution >= 4 is 28.9 Å². The molecule has 1 amide bonds. The monoisotopic (exact) mass is 374 g/mol. The zero-order valence-corrected chi connectivity index (χ0v) is 15.6. The van der Waals surface area contributed by atoms with Gasteiger partial charge in [0.2, 0.25) is 5.91 Å². The molecule has 0 atom stereocenters. The molecule has 3 rings (SSSR count). The highest BCUT2D eigenvalue weighted by Crippen LogP contribution is 2.28. The van der Waals surface area contributed by atoms with Crippen molar-refractivity contribution in [2.75, 3.05) is 43.1 Å². The Morgan fingerprint density at radius 1 is 1.19 bits per heavy atom. The fourth-order valence-corrected chi connectivity index (χ4v) is 3.04. The molecule has 1 aliphatic rings. The predicted molar refractivity (Wildman–Crippen MR) is 104 cm³/mol. The van der Waals surface area contributed by atoms with Crippen molar-refractivity contribution in [3.05, 3.63) is 53.1 Å². The molecule has 1 saturated heterocycles. The molecule has 5 nitrogen and oxygen atoms in total. The molecule has 0 radical (unpaired) electrons. The molecule has 26 heavy (non-hydrogen) atoms. The molecule has 138 valence electrons. The van der Waals surface area contributed by atoms with Gasteiger partial charge in [0.1, 0.15) is 5.75 Å². The van der Waals surface area contributed by atoms with E-state index in [0.29, 0.717) is 30.5 Å². The number of halogens is 1. The van der Waals surface area contributed by atoms with Crippen LogP contribution in [0.1, 0.15) is 12.5 Å². The number of rotatable bonds is 6. The van der Waals surface area contributed by atoms with Crippen LogP contribution in [0.25, 0.3) is 0 Å². The number of morpholine rings is 1. The molecule has 1 heterocycles. The van der Waals surface area contributed by atoms with Gasteiger partial charge in [-0.05, 0) is 42.8 Å². The number of amides is 1. The lowest BCUT2D eigenvalue weighted by Gasteiger charge is -2.29. The van der Waals surface area contributed by atoms with Crippen molar-refractivity contribution in [3.63, 3.8) is 0 Å². The van der Waals surface area contributed by atoms with E-state index in [1.54, 1.807) is 0 Å². The smallest absolute Gasteiger partial charge is 0.228 e. The van der Waals surface area contributed by atoms with Crippen LogP contribution < -0.4 is 15.0 Å². The summed E-state index contributed by atoms with van der Waals surface area (Å²) < 4.78 is 10.8. The zero-order valence-electron chi connectivity index (χ0n) is 14.8. The summed E-state index contributed by atoms with van der Waals surface area (Å²) in [5, 5.41) is 3.45. The first-order valence-electron chi connectivity index (χ1n) is 8.79. The minimum Gasteiger partial charge on any atom is -0.494 e. The molecule has 0 bridgehead atoms. The van der Waals surface area contributed by atoms with Crippen LogP contribution in [0.2, 0.25) is 5.02 Å². The maximum atomic E-state index is 12.4. The van der Waals surface area contributed by atoms with E-state index in [9.17, 15) is 4.79 Å². The Bertz CT molecular complexity index is 743. The highest BCUT2D eigenvalue weighted by molar-refractivity contribution is 6.33. The molecule has 2 aromatic rings. The lowest BCUT2D eigenvalue weighted by molar-refractivity contribution is -0.115. The van der Waals surface area contributed by atoms with Gasteiger partial charge in [-0.3, -0.25) is 4.79 Å². The molecule has 1 N–H and O–H groups in total. The highest BCUT2D eigenvalue weighted by atomic mass is 35.5. The molecular formula is C20H23ClN2O3. The standard InChI is InChI=1S/C20H23ClN2O3/c1-2-26-17-6-3-15(4-7-17)13-20(24)22-19-14-16(5-8-18(19)21)23-9-11-25-12-10-23/h3-8,14H,2,9-13H2,1H3,(H,22,24). The third kappa shape index (κ3) is 4.90. The van der Waals surface area contributed by atoms with Crippen molar-refractivity contribution < 1.29 is 14.3 Å². The summed E-state index contributed by atoms with van der Waals surface area (Å²) in [5.74, 6) is 0.702. The van der Waals surface area contributed by atoms with Gasteiger partial charge in [0.25, 0.3) is 0 Å². The second-order valence-electron chi connectivity index (χ2n) is 6.07. The maximum absolute atomic E-state index is 12.4. The minimum atomic E-state index is -0.102. The SMILES string of the molecule is CCOc1ccc(CC(=O)Nc2cc(N3CCOCC3)ccc2Cl)cc1.